The van der Waals surface area contributed by atoms with Gasteiger partial charge >= 0.3 is 0 Å². The summed E-state index contributed by atoms with van der Waals surface area (Å²) in [4.78, 5) is 27.9. The smallest absolute Gasteiger partial charge is 0.248 e. The first-order chi connectivity index (χ1) is 13.8. The molecule has 0 bridgehead atoms. The predicted octanol–water partition coefficient (Wildman–Crippen LogP) is 1.23. The van der Waals surface area contributed by atoms with Crippen LogP contribution in [0.2, 0.25) is 0 Å². The van der Waals surface area contributed by atoms with Gasteiger partial charge in [-0.05, 0) is 24.1 Å². The second kappa shape index (κ2) is 8.17. The molecule has 7 N–H and O–H groups in total. The first-order valence-electron chi connectivity index (χ1n) is 9.11. The lowest BCUT2D eigenvalue weighted by molar-refractivity contribution is -0.121. The number of amides is 2. The maximum absolute atomic E-state index is 14.5. The van der Waals surface area contributed by atoms with Crippen molar-refractivity contribution in [3.05, 3.63) is 59.8 Å². The largest absolute Gasteiger partial charge is 0.368 e. The topological polar surface area (TPSA) is 135 Å². The van der Waals surface area contributed by atoms with E-state index in [2.05, 4.69) is 20.9 Å². The summed E-state index contributed by atoms with van der Waals surface area (Å²) < 4.78 is 14.5. The number of hydrogen-bond acceptors (Lipinski definition) is 6. The van der Waals surface area contributed by atoms with Gasteiger partial charge in [-0.2, -0.15) is 0 Å². The summed E-state index contributed by atoms with van der Waals surface area (Å²) in [6.45, 7) is 3.57. The Morgan fingerprint density at radius 3 is 2.62 bits per heavy atom. The normalized spacial score (nSPS) is 17.5. The molecule has 0 saturated heterocycles. The molecule has 1 aromatic heterocycles. The molecule has 1 aromatic carbocycles. The highest BCUT2D eigenvalue weighted by atomic mass is 19.1. The van der Waals surface area contributed by atoms with E-state index >= 15 is 0 Å². The van der Waals surface area contributed by atoms with E-state index < -0.39 is 29.8 Å². The number of para-hydroxylation sites is 1. The van der Waals surface area contributed by atoms with Crippen molar-refractivity contribution in [3.8, 4) is 0 Å². The van der Waals surface area contributed by atoms with Gasteiger partial charge in [-0.1, -0.05) is 32.0 Å². The van der Waals surface area contributed by atoms with Gasteiger partial charge in [-0.15, -0.1) is 0 Å². The maximum atomic E-state index is 14.5. The summed E-state index contributed by atoms with van der Waals surface area (Å²) in [5.41, 5.74) is 12.2. The molecular formula is C20H23FN6O2. The molecule has 1 aliphatic heterocycles. The number of halogens is 1. The Balaban J connectivity index is 1.88. The van der Waals surface area contributed by atoms with Crippen LogP contribution >= 0.6 is 0 Å². The number of aromatic nitrogens is 1. The second-order valence-electron chi connectivity index (χ2n) is 7.09. The van der Waals surface area contributed by atoms with Crippen LogP contribution in [0.25, 0.3) is 10.9 Å². The summed E-state index contributed by atoms with van der Waals surface area (Å²) in [6.07, 6.45) is 1.80. The minimum Gasteiger partial charge on any atom is -0.368 e. The molecule has 152 valence electrons. The van der Waals surface area contributed by atoms with E-state index in [1.807, 2.05) is 30.3 Å². The number of nitrogens with one attached hydrogen (secondary N) is 3. The van der Waals surface area contributed by atoms with Gasteiger partial charge in [0.15, 0.2) is 5.83 Å². The molecule has 1 unspecified atom stereocenters. The van der Waals surface area contributed by atoms with E-state index in [9.17, 15) is 14.0 Å². The molecule has 9 heteroatoms. The predicted molar refractivity (Wildman–Crippen MR) is 109 cm³/mol. The summed E-state index contributed by atoms with van der Waals surface area (Å²) >= 11 is 0. The SMILES string of the molecule is CC(C)[C@@H](NC1=C(F)C=C(C(N)=O)C(Nc2cnc3ccccc3c2)N1)C(N)=O. The number of primary amides is 2. The Kier molecular flexibility index (Phi) is 5.67. The van der Waals surface area contributed by atoms with Gasteiger partial charge in [0.1, 0.15) is 18.0 Å². The number of benzene rings is 1. The molecular weight excluding hydrogens is 375 g/mol. The van der Waals surface area contributed by atoms with Gasteiger partial charge in [0, 0.05) is 5.39 Å². The van der Waals surface area contributed by atoms with Crippen molar-refractivity contribution in [2.45, 2.75) is 26.1 Å². The summed E-state index contributed by atoms with van der Waals surface area (Å²) in [5.74, 6) is -2.38. The van der Waals surface area contributed by atoms with Crippen molar-refractivity contribution in [2.75, 3.05) is 5.32 Å². The van der Waals surface area contributed by atoms with E-state index in [-0.39, 0.29) is 17.3 Å². The quantitative estimate of drug-likeness (QED) is 0.476. The number of carbonyl (C=O) groups excluding carboxylic acids is 2. The molecule has 0 radical (unpaired) electrons. The molecule has 0 saturated carbocycles. The molecule has 2 amide bonds. The first kappa shape index (κ1) is 20.1. The maximum Gasteiger partial charge on any atom is 0.248 e. The zero-order chi connectivity index (χ0) is 21.1. The standard InChI is InChI=1S/C20H23FN6O2/c1-10(2)16(18(23)29)26-20-14(21)8-13(17(22)28)19(27-20)25-12-7-11-5-3-4-6-15(11)24-9-12/h3-10,16,19,25-27H,1-2H3,(H2,22,28)(H2,23,29)/t16-,19?/m1/s1. The second-order valence-corrected chi connectivity index (χ2v) is 7.09. The number of anilines is 1. The highest BCUT2D eigenvalue weighted by Crippen LogP contribution is 2.22. The average molecular weight is 398 g/mol. The molecule has 0 aliphatic carbocycles. The van der Waals surface area contributed by atoms with Crippen molar-refractivity contribution < 1.29 is 14.0 Å². The lowest BCUT2D eigenvalue weighted by atomic mass is 10.0. The fraction of sp³-hybridized carbons (Fsp3) is 0.250. The van der Waals surface area contributed by atoms with Crippen LogP contribution in [0.15, 0.2) is 59.8 Å². The van der Waals surface area contributed by atoms with Gasteiger partial charge in [0.25, 0.3) is 0 Å². The number of nitrogens with zero attached hydrogens (tertiary/aromatic N) is 1. The zero-order valence-electron chi connectivity index (χ0n) is 16.1. The fourth-order valence-corrected chi connectivity index (χ4v) is 3.06. The van der Waals surface area contributed by atoms with Crippen LogP contribution in [-0.2, 0) is 9.59 Å². The van der Waals surface area contributed by atoms with Crippen LogP contribution in [-0.4, -0.2) is 29.0 Å². The number of nitrogens with two attached hydrogens (primary N) is 2. The Bertz CT molecular complexity index is 1020. The zero-order valence-corrected chi connectivity index (χ0v) is 16.1. The van der Waals surface area contributed by atoms with Crippen LogP contribution in [0.5, 0.6) is 0 Å². The Morgan fingerprint density at radius 1 is 1.24 bits per heavy atom. The highest BCUT2D eigenvalue weighted by Gasteiger charge is 2.29. The lowest BCUT2D eigenvalue weighted by Crippen LogP contribution is -2.52. The summed E-state index contributed by atoms with van der Waals surface area (Å²) in [6, 6.07) is 8.60. The Labute approximate surface area is 167 Å². The molecule has 8 nitrogen and oxygen atoms in total. The minimum atomic E-state index is -0.835. The van der Waals surface area contributed by atoms with Crippen LogP contribution in [0.4, 0.5) is 10.1 Å². The number of hydrogen-bond donors (Lipinski definition) is 5. The molecule has 1 aliphatic rings. The number of fused-ring (bicyclic) bond motifs is 1. The fourth-order valence-electron chi connectivity index (χ4n) is 3.06. The number of pyridine rings is 1. The lowest BCUT2D eigenvalue weighted by Gasteiger charge is -2.31. The van der Waals surface area contributed by atoms with Crippen molar-refractivity contribution in [3.63, 3.8) is 0 Å². The summed E-state index contributed by atoms with van der Waals surface area (Å²) in [5, 5.41) is 9.61. The molecule has 2 aromatic rings. The number of rotatable bonds is 7. The summed E-state index contributed by atoms with van der Waals surface area (Å²) in [7, 11) is 0. The highest BCUT2D eigenvalue weighted by molar-refractivity contribution is 5.95. The monoisotopic (exact) mass is 398 g/mol. The van der Waals surface area contributed by atoms with Crippen molar-refractivity contribution in [1.82, 2.24) is 15.6 Å². The van der Waals surface area contributed by atoms with Crippen LogP contribution in [0, 0.1) is 5.92 Å². The van der Waals surface area contributed by atoms with E-state index in [0.717, 1.165) is 17.0 Å². The van der Waals surface area contributed by atoms with Gasteiger partial charge in [-0.3, -0.25) is 14.6 Å². The van der Waals surface area contributed by atoms with Crippen LogP contribution < -0.4 is 27.4 Å². The number of dihydropyridines is 1. The van der Waals surface area contributed by atoms with Gasteiger partial charge in [0.05, 0.1) is 23.0 Å². The molecule has 0 fully saturated rings. The van der Waals surface area contributed by atoms with Gasteiger partial charge in [-0.25, -0.2) is 4.39 Å². The molecule has 3 rings (SSSR count). The first-order valence-corrected chi connectivity index (χ1v) is 9.11. The van der Waals surface area contributed by atoms with Crippen molar-refractivity contribution in [2.24, 2.45) is 17.4 Å². The molecule has 0 spiro atoms. The Morgan fingerprint density at radius 2 is 1.97 bits per heavy atom. The molecule has 2 heterocycles. The third-order valence-corrected chi connectivity index (χ3v) is 4.58. The van der Waals surface area contributed by atoms with Gasteiger partial charge < -0.3 is 27.4 Å². The Hall–Kier alpha value is -3.62. The third kappa shape index (κ3) is 4.45. The van der Waals surface area contributed by atoms with E-state index in [0.29, 0.717) is 5.69 Å². The van der Waals surface area contributed by atoms with Crippen LogP contribution in [0.3, 0.4) is 0 Å². The minimum absolute atomic E-state index is 0.00128. The molecule has 2 atom stereocenters. The van der Waals surface area contributed by atoms with Crippen molar-refractivity contribution >= 4 is 28.4 Å². The van der Waals surface area contributed by atoms with E-state index in [1.165, 1.54) is 0 Å². The van der Waals surface area contributed by atoms with Crippen molar-refractivity contribution in [1.29, 1.82) is 0 Å². The third-order valence-electron chi connectivity index (χ3n) is 4.58. The number of allylic oxidation sites excluding steroid dienone is 2. The average Bonchev–Trinajstić information content (AvgIpc) is 2.67. The van der Waals surface area contributed by atoms with E-state index in [1.54, 1.807) is 20.0 Å². The van der Waals surface area contributed by atoms with Crippen LogP contribution in [0.1, 0.15) is 13.8 Å². The number of carbonyl (C=O) groups is 2. The van der Waals surface area contributed by atoms with Gasteiger partial charge in [0.2, 0.25) is 11.8 Å². The molecule has 29 heavy (non-hydrogen) atoms. The van der Waals surface area contributed by atoms with E-state index in [4.69, 9.17) is 11.5 Å².